The fraction of sp³-hybridized carbons (Fsp3) is 0.529. The van der Waals surface area contributed by atoms with E-state index in [2.05, 4.69) is 0 Å². The van der Waals surface area contributed by atoms with Gasteiger partial charge in [0, 0.05) is 37.8 Å². The standard InChI is InChI=1S/C17H23N3O3/c1-23-15-4-2-14(3-5-15)20-11-12(10-16(20)21)17(22)19-8-6-13(18)7-9-19/h2-5,12-13H,6-11,18H2,1H3. The Labute approximate surface area is 136 Å². The van der Waals surface area contributed by atoms with Gasteiger partial charge in [-0.2, -0.15) is 0 Å². The van der Waals surface area contributed by atoms with Crippen molar-refractivity contribution in [2.24, 2.45) is 11.7 Å². The maximum Gasteiger partial charge on any atom is 0.228 e. The van der Waals surface area contributed by atoms with Crippen LogP contribution in [0.25, 0.3) is 0 Å². The molecule has 124 valence electrons. The van der Waals surface area contributed by atoms with Gasteiger partial charge in [0.25, 0.3) is 0 Å². The van der Waals surface area contributed by atoms with Crippen LogP contribution < -0.4 is 15.4 Å². The Morgan fingerprint density at radius 3 is 2.48 bits per heavy atom. The highest BCUT2D eigenvalue weighted by molar-refractivity contribution is 6.00. The van der Waals surface area contributed by atoms with Crippen molar-refractivity contribution in [2.75, 3.05) is 31.6 Å². The van der Waals surface area contributed by atoms with Gasteiger partial charge in [-0.1, -0.05) is 0 Å². The highest BCUT2D eigenvalue weighted by atomic mass is 16.5. The molecule has 2 amide bonds. The van der Waals surface area contributed by atoms with E-state index in [0.29, 0.717) is 19.6 Å². The van der Waals surface area contributed by atoms with Crippen LogP contribution in [0.15, 0.2) is 24.3 Å². The lowest BCUT2D eigenvalue weighted by Gasteiger charge is -2.31. The number of anilines is 1. The molecule has 2 heterocycles. The fourth-order valence-electron chi connectivity index (χ4n) is 3.26. The number of amides is 2. The Kier molecular flexibility index (Phi) is 4.52. The molecule has 6 heteroatoms. The number of nitrogens with two attached hydrogens (primary N) is 1. The summed E-state index contributed by atoms with van der Waals surface area (Å²) in [6.07, 6.45) is 1.97. The smallest absolute Gasteiger partial charge is 0.228 e. The summed E-state index contributed by atoms with van der Waals surface area (Å²) in [5.74, 6) is 0.583. The van der Waals surface area contributed by atoms with Crippen LogP contribution in [-0.4, -0.2) is 49.5 Å². The van der Waals surface area contributed by atoms with Gasteiger partial charge in [0.05, 0.1) is 13.0 Å². The highest BCUT2D eigenvalue weighted by Gasteiger charge is 2.37. The van der Waals surface area contributed by atoms with Crippen molar-refractivity contribution in [3.63, 3.8) is 0 Å². The Hall–Kier alpha value is -2.08. The number of carbonyl (C=O) groups is 2. The maximum atomic E-state index is 12.6. The summed E-state index contributed by atoms with van der Waals surface area (Å²) in [6.45, 7) is 1.85. The quantitative estimate of drug-likeness (QED) is 0.902. The van der Waals surface area contributed by atoms with E-state index in [1.807, 2.05) is 29.2 Å². The lowest BCUT2D eigenvalue weighted by molar-refractivity contribution is -0.136. The number of benzene rings is 1. The van der Waals surface area contributed by atoms with Crippen LogP contribution in [0.5, 0.6) is 5.75 Å². The van der Waals surface area contributed by atoms with Crippen molar-refractivity contribution in [2.45, 2.75) is 25.3 Å². The normalized spacial score (nSPS) is 22.5. The highest BCUT2D eigenvalue weighted by Crippen LogP contribution is 2.28. The number of carbonyl (C=O) groups excluding carboxylic acids is 2. The zero-order chi connectivity index (χ0) is 16.4. The maximum absolute atomic E-state index is 12.6. The summed E-state index contributed by atoms with van der Waals surface area (Å²) in [5.41, 5.74) is 6.70. The molecule has 1 atom stereocenters. The van der Waals surface area contributed by atoms with Gasteiger partial charge in [-0.05, 0) is 37.1 Å². The number of rotatable bonds is 3. The lowest BCUT2D eigenvalue weighted by atomic mass is 10.0. The van der Waals surface area contributed by atoms with Gasteiger partial charge in [0.15, 0.2) is 0 Å². The molecule has 0 aromatic heterocycles. The minimum absolute atomic E-state index is 0.00206. The van der Waals surface area contributed by atoms with Gasteiger partial charge in [0.2, 0.25) is 11.8 Å². The molecule has 2 fully saturated rings. The van der Waals surface area contributed by atoms with E-state index >= 15 is 0 Å². The Morgan fingerprint density at radius 1 is 1.22 bits per heavy atom. The summed E-state index contributed by atoms with van der Waals surface area (Å²) in [6, 6.07) is 7.54. The Bertz CT molecular complexity index is 579. The third-order valence-corrected chi connectivity index (χ3v) is 4.71. The minimum Gasteiger partial charge on any atom is -0.497 e. The predicted molar refractivity (Wildman–Crippen MR) is 87.2 cm³/mol. The molecule has 0 aliphatic carbocycles. The van der Waals surface area contributed by atoms with Gasteiger partial charge in [-0.3, -0.25) is 9.59 Å². The molecule has 0 bridgehead atoms. The molecule has 0 radical (unpaired) electrons. The third-order valence-electron chi connectivity index (χ3n) is 4.71. The molecule has 1 unspecified atom stereocenters. The van der Waals surface area contributed by atoms with Crippen molar-refractivity contribution in [1.29, 1.82) is 0 Å². The second-order valence-corrected chi connectivity index (χ2v) is 6.27. The second-order valence-electron chi connectivity index (χ2n) is 6.27. The molecule has 3 rings (SSSR count). The van der Waals surface area contributed by atoms with Gasteiger partial charge < -0.3 is 20.3 Å². The summed E-state index contributed by atoms with van der Waals surface area (Å²) in [5, 5.41) is 0. The molecule has 0 saturated carbocycles. The molecule has 2 N–H and O–H groups in total. The van der Waals surface area contributed by atoms with E-state index < -0.39 is 0 Å². The fourth-order valence-corrected chi connectivity index (χ4v) is 3.26. The number of piperidine rings is 1. The van der Waals surface area contributed by atoms with E-state index in [9.17, 15) is 9.59 Å². The molecular weight excluding hydrogens is 294 g/mol. The van der Waals surface area contributed by atoms with Crippen molar-refractivity contribution in [1.82, 2.24) is 4.90 Å². The van der Waals surface area contributed by atoms with E-state index in [1.54, 1.807) is 12.0 Å². The van der Waals surface area contributed by atoms with E-state index in [0.717, 1.165) is 24.3 Å². The Balaban J connectivity index is 1.65. The van der Waals surface area contributed by atoms with Crippen LogP contribution in [0.4, 0.5) is 5.69 Å². The molecule has 2 aliphatic heterocycles. The van der Waals surface area contributed by atoms with Gasteiger partial charge in [-0.15, -0.1) is 0 Å². The van der Waals surface area contributed by atoms with Crippen LogP contribution in [0.1, 0.15) is 19.3 Å². The van der Waals surface area contributed by atoms with Crippen molar-refractivity contribution < 1.29 is 14.3 Å². The molecule has 2 saturated heterocycles. The van der Waals surface area contributed by atoms with Crippen molar-refractivity contribution >= 4 is 17.5 Å². The molecule has 1 aromatic rings. The summed E-state index contributed by atoms with van der Waals surface area (Å²) in [7, 11) is 1.61. The van der Waals surface area contributed by atoms with E-state index in [1.165, 1.54) is 0 Å². The second kappa shape index (κ2) is 6.58. The summed E-state index contributed by atoms with van der Waals surface area (Å²) < 4.78 is 5.13. The zero-order valence-electron chi connectivity index (χ0n) is 13.4. The SMILES string of the molecule is COc1ccc(N2CC(C(=O)N3CCC(N)CC3)CC2=O)cc1. The van der Waals surface area contributed by atoms with Gasteiger partial charge in [-0.25, -0.2) is 0 Å². The van der Waals surface area contributed by atoms with Crippen LogP contribution in [-0.2, 0) is 9.59 Å². The predicted octanol–water partition coefficient (Wildman–Crippen LogP) is 0.998. The monoisotopic (exact) mass is 317 g/mol. The lowest BCUT2D eigenvalue weighted by Crippen LogP contribution is -2.45. The molecule has 1 aromatic carbocycles. The largest absolute Gasteiger partial charge is 0.497 e. The summed E-state index contributed by atoms with van der Waals surface area (Å²) >= 11 is 0. The van der Waals surface area contributed by atoms with Crippen molar-refractivity contribution in [3.05, 3.63) is 24.3 Å². The molecule has 2 aliphatic rings. The number of nitrogens with zero attached hydrogens (tertiary/aromatic N) is 2. The number of methoxy groups -OCH3 is 1. The molecular formula is C17H23N3O3. The first kappa shape index (κ1) is 15.8. The molecule has 0 spiro atoms. The van der Waals surface area contributed by atoms with Crippen molar-refractivity contribution in [3.8, 4) is 5.75 Å². The number of ether oxygens (including phenoxy) is 1. The molecule has 6 nitrogen and oxygen atoms in total. The van der Waals surface area contributed by atoms with Crippen LogP contribution in [0.3, 0.4) is 0 Å². The summed E-state index contributed by atoms with van der Waals surface area (Å²) in [4.78, 5) is 28.5. The topological polar surface area (TPSA) is 75.9 Å². The average Bonchev–Trinajstić information content (AvgIpc) is 2.97. The third kappa shape index (κ3) is 3.32. The van der Waals surface area contributed by atoms with E-state index in [-0.39, 0.29) is 30.2 Å². The van der Waals surface area contributed by atoms with Gasteiger partial charge in [0.1, 0.15) is 5.75 Å². The molecule has 23 heavy (non-hydrogen) atoms. The number of likely N-dealkylation sites (tertiary alicyclic amines) is 1. The van der Waals surface area contributed by atoms with Crippen LogP contribution in [0.2, 0.25) is 0 Å². The first-order valence-corrected chi connectivity index (χ1v) is 8.07. The minimum atomic E-state index is -0.251. The van der Waals surface area contributed by atoms with E-state index in [4.69, 9.17) is 10.5 Å². The van der Waals surface area contributed by atoms with Gasteiger partial charge >= 0.3 is 0 Å². The number of hydrogen-bond acceptors (Lipinski definition) is 4. The average molecular weight is 317 g/mol. The first-order chi connectivity index (χ1) is 11.1. The zero-order valence-corrected chi connectivity index (χ0v) is 13.4. The van der Waals surface area contributed by atoms with Crippen LogP contribution in [0, 0.1) is 5.92 Å². The van der Waals surface area contributed by atoms with Crippen LogP contribution >= 0.6 is 0 Å². The number of hydrogen-bond donors (Lipinski definition) is 1. The first-order valence-electron chi connectivity index (χ1n) is 8.07. The Morgan fingerprint density at radius 2 is 1.87 bits per heavy atom.